The van der Waals surface area contributed by atoms with Gasteiger partial charge in [0.1, 0.15) is 0 Å². The lowest BCUT2D eigenvalue weighted by molar-refractivity contribution is -0.131. The van der Waals surface area contributed by atoms with Crippen molar-refractivity contribution in [3.8, 4) is 0 Å². The zero-order chi connectivity index (χ0) is 17.6. The van der Waals surface area contributed by atoms with E-state index in [1.165, 1.54) is 0 Å². The monoisotopic (exact) mass is 355 g/mol. The number of piperidine rings is 1. The number of halogens is 1. The zero-order valence-electron chi connectivity index (χ0n) is 14.5. The number of nitrogens with one attached hydrogen (secondary N) is 2. The third kappa shape index (κ3) is 2.94. The van der Waals surface area contributed by atoms with Gasteiger partial charge in [-0.2, -0.15) is 0 Å². The number of hydrogen-bond donors (Lipinski definition) is 2. The Labute approximate surface area is 147 Å². The van der Waals surface area contributed by atoms with E-state index in [4.69, 9.17) is 11.6 Å². The van der Waals surface area contributed by atoms with Crippen LogP contribution in [0.4, 0.5) is 0 Å². The molecule has 0 aromatic heterocycles. The van der Waals surface area contributed by atoms with Crippen LogP contribution in [0.5, 0.6) is 0 Å². The Hall–Kier alpha value is -1.14. The summed E-state index contributed by atoms with van der Waals surface area (Å²) in [5, 5.41) is 5.66. The van der Waals surface area contributed by atoms with Gasteiger partial charge in [-0.05, 0) is 37.1 Å². The van der Waals surface area contributed by atoms with Crippen LogP contribution in [0.1, 0.15) is 26.7 Å². The molecule has 0 spiro atoms. The molecule has 0 aromatic carbocycles. The summed E-state index contributed by atoms with van der Waals surface area (Å²) in [5.41, 5.74) is 0.186. The Kier molecular flexibility index (Phi) is 4.64. The van der Waals surface area contributed by atoms with Crippen LogP contribution in [0, 0.1) is 23.2 Å². The summed E-state index contributed by atoms with van der Waals surface area (Å²) in [6, 6.07) is -0.883. The van der Waals surface area contributed by atoms with Gasteiger partial charge in [-0.3, -0.25) is 19.3 Å². The predicted octanol–water partition coefficient (Wildman–Crippen LogP) is 0.392. The van der Waals surface area contributed by atoms with E-state index < -0.39 is 6.04 Å². The average Bonchev–Trinajstić information content (AvgIpc) is 2.90. The molecule has 6 nitrogen and oxygen atoms in total. The van der Waals surface area contributed by atoms with Crippen LogP contribution >= 0.6 is 11.6 Å². The summed E-state index contributed by atoms with van der Waals surface area (Å²) in [6.07, 6.45) is 1.03. The van der Waals surface area contributed by atoms with Gasteiger partial charge in [0.05, 0.1) is 18.0 Å². The van der Waals surface area contributed by atoms with Gasteiger partial charge in [-0.25, -0.2) is 0 Å². The quantitative estimate of drug-likeness (QED) is 0.676. The number of likely N-dealkylation sites (tertiary alicyclic amines) is 1. The number of likely N-dealkylation sites (N-methyl/N-ethyl adjacent to an activating group) is 1. The molecule has 0 bridgehead atoms. The number of nitrogens with zero attached hydrogens (tertiary/aromatic N) is 1. The van der Waals surface area contributed by atoms with Gasteiger partial charge in [-0.15, -0.1) is 11.6 Å². The minimum absolute atomic E-state index is 0.0435. The van der Waals surface area contributed by atoms with Gasteiger partial charge in [0.25, 0.3) is 0 Å². The second kappa shape index (κ2) is 6.30. The lowest BCUT2D eigenvalue weighted by atomic mass is 9.95. The third-order valence-electron chi connectivity index (χ3n) is 6.23. The highest BCUT2D eigenvalue weighted by molar-refractivity contribution is 6.28. The smallest absolute Gasteiger partial charge is 0.238 e. The molecule has 2 heterocycles. The van der Waals surface area contributed by atoms with Crippen molar-refractivity contribution in [1.29, 1.82) is 0 Å². The summed E-state index contributed by atoms with van der Waals surface area (Å²) in [7, 11) is 1.95. The van der Waals surface area contributed by atoms with Crippen molar-refractivity contribution in [1.82, 2.24) is 15.5 Å². The average molecular weight is 356 g/mol. The van der Waals surface area contributed by atoms with Crippen LogP contribution in [0.15, 0.2) is 0 Å². The molecular weight excluding hydrogens is 330 g/mol. The number of Topliss-reactive ketones (excluding diaryl/α,β-unsaturated/α-hetero) is 1. The van der Waals surface area contributed by atoms with Crippen molar-refractivity contribution in [3.05, 3.63) is 0 Å². The molecule has 3 unspecified atom stereocenters. The number of rotatable bonds is 6. The highest BCUT2D eigenvalue weighted by Gasteiger charge is 2.67. The maximum Gasteiger partial charge on any atom is 0.238 e. The van der Waals surface area contributed by atoms with Crippen LogP contribution in [-0.2, 0) is 14.4 Å². The van der Waals surface area contributed by atoms with Gasteiger partial charge in [-0.1, -0.05) is 13.8 Å². The number of ketones is 1. The fourth-order valence-corrected chi connectivity index (χ4v) is 4.79. The largest absolute Gasteiger partial charge is 0.356 e. The fraction of sp³-hybridized carbons (Fsp3) is 0.824. The fourth-order valence-electron chi connectivity index (χ4n) is 4.60. The first kappa shape index (κ1) is 17.7. The summed E-state index contributed by atoms with van der Waals surface area (Å²) in [4.78, 5) is 38.8. The van der Waals surface area contributed by atoms with Crippen molar-refractivity contribution >= 4 is 29.2 Å². The molecule has 3 aliphatic rings. The molecule has 3 fully saturated rings. The molecule has 2 aliphatic heterocycles. The molecule has 134 valence electrons. The second-order valence-corrected chi connectivity index (χ2v) is 8.28. The first-order valence-corrected chi connectivity index (χ1v) is 9.17. The molecule has 1 aliphatic carbocycles. The van der Waals surface area contributed by atoms with Crippen molar-refractivity contribution in [3.63, 3.8) is 0 Å². The number of amides is 2. The molecule has 24 heavy (non-hydrogen) atoms. The second-order valence-electron chi connectivity index (χ2n) is 8.01. The van der Waals surface area contributed by atoms with E-state index in [1.807, 2.05) is 7.05 Å². The van der Waals surface area contributed by atoms with Crippen LogP contribution in [0.3, 0.4) is 0 Å². The molecule has 5 atom stereocenters. The molecule has 2 N–H and O–H groups in total. The van der Waals surface area contributed by atoms with Gasteiger partial charge >= 0.3 is 0 Å². The summed E-state index contributed by atoms with van der Waals surface area (Å²) in [6.45, 7) is 5.93. The first-order chi connectivity index (χ1) is 11.3. The van der Waals surface area contributed by atoms with E-state index >= 15 is 0 Å². The highest BCUT2D eigenvalue weighted by Crippen LogP contribution is 2.64. The molecular formula is C17H26ClN3O3. The summed E-state index contributed by atoms with van der Waals surface area (Å²) < 4.78 is 0. The Bertz CT molecular complexity index is 565. The number of hydrogen-bond acceptors (Lipinski definition) is 4. The van der Waals surface area contributed by atoms with E-state index in [2.05, 4.69) is 29.4 Å². The first-order valence-electron chi connectivity index (χ1n) is 8.64. The Balaban J connectivity index is 1.67. The van der Waals surface area contributed by atoms with Crippen molar-refractivity contribution in [2.24, 2.45) is 23.2 Å². The van der Waals surface area contributed by atoms with E-state index in [-0.39, 0.29) is 40.9 Å². The van der Waals surface area contributed by atoms with E-state index in [1.54, 1.807) is 0 Å². The van der Waals surface area contributed by atoms with Crippen molar-refractivity contribution < 1.29 is 14.4 Å². The van der Waals surface area contributed by atoms with Gasteiger partial charge in [0.2, 0.25) is 11.8 Å². The minimum Gasteiger partial charge on any atom is -0.356 e. The normalized spacial score (nSPS) is 35.2. The topological polar surface area (TPSA) is 78.5 Å². The van der Waals surface area contributed by atoms with Gasteiger partial charge in [0, 0.05) is 19.0 Å². The summed E-state index contributed by atoms with van der Waals surface area (Å²) in [5.74, 6) is 0.114. The maximum atomic E-state index is 12.8. The maximum absolute atomic E-state index is 12.8. The van der Waals surface area contributed by atoms with E-state index in [9.17, 15) is 14.4 Å². The standard InChI is InChI=1S/C17H26ClN3O3/c1-17(2)10-8-21(3)14(13(10)17)16(24)20-11(12(22)7-18)6-9-4-5-19-15(9)23/h9-11,13-14H,4-8H2,1-3H3,(H,19,23)(H,20,24)/t9?,10-,11?,13?,14-/m0/s1. The van der Waals surface area contributed by atoms with Crippen LogP contribution in [0.2, 0.25) is 0 Å². The van der Waals surface area contributed by atoms with Crippen LogP contribution < -0.4 is 10.6 Å². The van der Waals surface area contributed by atoms with E-state index in [0.29, 0.717) is 31.2 Å². The van der Waals surface area contributed by atoms with Gasteiger partial charge < -0.3 is 10.6 Å². The molecule has 0 aromatic rings. The zero-order valence-corrected chi connectivity index (χ0v) is 15.2. The molecule has 0 radical (unpaired) electrons. The Morgan fingerprint density at radius 1 is 1.46 bits per heavy atom. The van der Waals surface area contributed by atoms with Crippen molar-refractivity contribution in [2.75, 3.05) is 26.0 Å². The molecule has 3 rings (SSSR count). The molecule has 2 saturated heterocycles. The third-order valence-corrected chi connectivity index (χ3v) is 6.49. The van der Waals surface area contributed by atoms with Crippen LogP contribution in [0.25, 0.3) is 0 Å². The SMILES string of the molecule is CN1C[C@H]2C([C@H]1C(=O)NC(CC1CCNC1=O)C(=O)CCl)C2(C)C. The van der Waals surface area contributed by atoms with Gasteiger partial charge in [0.15, 0.2) is 5.78 Å². The number of carbonyl (C=O) groups is 3. The lowest BCUT2D eigenvalue weighted by Gasteiger charge is -2.28. The summed E-state index contributed by atoms with van der Waals surface area (Å²) >= 11 is 5.71. The lowest BCUT2D eigenvalue weighted by Crippen LogP contribution is -2.52. The number of carbonyl (C=O) groups excluding carboxylic acids is 3. The molecule has 7 heteroatoms. The highest BCUT2D eigenvalue weighted by atomic mass is 35.5. The Morgan fingerprint density at radius 2 is 2.17 bits per heavy atom. The van der Waals surface area contributed by atoms with Crippen LogP contribution in [-0.4, -0.2) is 60.6 Å². The molecule has 2 amide bonds. The molecule has 1 saturated carbocycles. The minimum atomic E-state index is -0.682. The van der Waals surface area contributed by atoms with Crippen molar-refractivity contribution in [2.45, 2.75) is 38.8 Å². The Morgan fingerprint density at radius 3 is 2.71 bits per heavy atom. The van der Waals surface area contributed by atoms with E-state index in [0.717, 1.165) is 6.54 Å². The number of fused-ring (bicyclic) bond motifs is 1. The number of alkyl halides is 1. The predicted molar refractivity (Wildman–Crippen MR) is 90.6 cm³/mol.